The number of benzene rings is 1. The van der Waals surface area contributed by atoms with Gasteiger partial charge < -0.3 is 4.74 Å². The van der Waals surface area contributed by atoms with Crippen LogP contribution in [0.4, 0.5) is 0 Å². The highest BCUT2D eigenvalue weighted by Crippen LogP contribution is 2.28. The third-order valence-electron chi connectivity index (χ3n) is 2.95. The quantitative estimate of drug-likeness (QED) is 0.791. The number of hydrogen-bond donors (Lipinski definition) is 0. The van der Waals surface area contributed by atoms with Gasteiger partial charge in [-0.2, -0.15) is 8.42 Å². The average Bonchev–Trinajstić information content (AvgIpc) is 2.57. The zero-order valence-electron chi connectivity index (χ0n) is 10.8. The Morgan fingerprint density at radius 3 is 2.39 bits per heavy atom. The molecule has 1 aromatic carbocycles. The number of rotatable bonds is 3. The second-order valence-electron chi connectivity index (χ2n) is 5.26. The van der Waals surface area contributed by atoms with Crippen molar-refractivity contribution < 1.29 is 17.3 Å². The zero-order valence-corrected chi connectivity index (χ0v) is 11.7. The molecular formula is C13H18O4S. The first-order valence-electron chi connectivity index (χ1n) is 5.92. The van der Waals surface area contributed by atoms with E-state index in [2.05, 4.69) is 0 Å². The largest absolute Gasteiger partial charge is 0.373 e. The molecule has 5 heteroatoms. The van der Waals surface area contributed by atoms with Gasteiger partial charge in [0.2, 0.25) is 0 Å². The summed E-state index contributed by atoms with van der Waals surface area (Å²) in [5.41, 5.74) is 0.701. The molecule has 0 aromatic heterocycles. The Balaban J connectivity index is 2.11. The summed E-state index contributed by atoms with van der Waals surface area (Å²) in [4.78, 5) is 0.192. The van der Waals surface area contributed by atoms with E-state index in [1.165, 1.54) is 0 Å². The maximum Gasteiger partial charge on any atom is 0.297 e. The normalized spacial score (nSPS) is 23.2. The molecule has 0 aliphatic carbocycles. The third kappa shape index (κ3) is 3.10. The van der Waals surface area contributed by atoms with Gasteiger partial charge in [0.15, 0.2) is 0 Å². The molecule has 100 valence electrons. The van der Waals surface area contributed by atoms with Crippen LogP contribution in [0.15, 0.2) is 29.2 Å². The first-order valence-corrected chi connectivity index (χ1v) is 7.33. The van der Waals surface area contributed by atoms with Crippen LogP contribution < -0.4 is 0 Å². The smallest absolute Gasteiger partial charge is 0.297 e. The van der Waals surface area contributed by atoms with Gasteiger partial charge >= 0.3 is 0 Å². The van der Waals surface area contributed by atoms with E-state index in [1.807, 2.05) is 20.8 Å². The van der Waals surface area contributed by atoms with Crippen LogP contribution in [0.3, 0.4) is 0 Å². The van der Waals surface area contributed by atoms with Crippen molar-refractivity contribution >= 4 is 10.1 Å². The second-order valence-corrected chi connectivity index (χ2v) is 6.83. The molecule has 1 atom stereocenters. The number of ether oxygens (including phenoxy) is 1. The molecule has 2 rings (SSSR count). The molecule has 1 aliphatic heterocycles. The Bertz CT molecular complexity index is 516. The lowest BCUT2D eigenvalue weighted by molar-refractivity contribution is 0.0322. The van der Waals surface area contributed by atoms with E-state index in [1.54, 1.807) is 24.3 Å². The lowest BCUT2D eigenvalue weighted by Gasteiger charge is -2.15. The predicted molar refractivity (Wildman–Crippen MR) is 67.9 cm³/mol. The first-order chi connectivity index (χ1) is 8.28. The van der Waals surface area contributed by atoms with Crippen LogP contribution in [-0.4, -0.2) is 26.7 Å². The molecule has 0 bridgehead atoms. The van der Waals surface area contributed by atoms with Crippen molar-refractivity contribution in [2.24, 2.45) is 0 Å². The summed E-state index contributed by atoms with van der Waals surface area (Å²) in [6, 6.07) is 6.63. The Morgan fingerprint density at radius 1 is 1.28 bits per heavy atom. The molecule has 1 fully saturated rings. The minimum Gasteiger partial charge on any atom is -0.373 e. The maximum atomic E-state index is 12.0. The molecule has 0 saturated carbocycles. The molecule has 4 nitrogen and oxygen atoms in total. The molecule has 0 amide bonds. The molecule has 1 aromatic rings. The van der Waals surface area contributed by atoms with Crippen LogP contribution in [0.5, 0.6) is 0 Å². The Labute approximate surface area is 108 Å². The third-order valence-corrected chi connectivity index (χ3v) is 4.33. The minimum atomic E-state index is -3.69. The van der Waals surface area contributed by atoms with Crippen molar-refractivity contribution in [1.82, 2.24) is 0 Å². The van der Waals surface area contributed by atoms with Gasteiger partial charge in [-0.05, 0) is 32.9 Å². The monoisotopic (exact) mass is 270 g/mol. The maximum absolute atomic E-state index is 12.0. The molecule has 1 heterocycles. The summed E-state index contributed by atoms with van der Waals surface area (Å²) in [5, 5.41) is 0. The van der Waals surface area contributed by atoms with Crippen LogP contribution in [0.1, 0.15) is 25.8 Å². The Kier molecular flexibility index (Phi) is 3.49. The van der Waals surface area contributed by atoms with Crippen LogP contribution in [0.2, 0.25) is 0 Å². The van der Waals surface area contributed by atoms with E-state index in [4.69, 9.17) is 8.92 Å². The van der Waals surface area contributed by atoms with Crippen molar-refractivity contribution in [3.05, 3.63) is 29.8 Å². The second kappa shape index (κ2) is 4.64. The standard InChI is InChI=1S/C13H18O4S/c1-10-4-6-12(7-5-10)18(14,15)17-11-8-13(2,3)16-9-11/h4-7,11H,8-9H2,1-3H3. The fraction of sp³-hybridized carbons (Fsp3) is 0.538. The van der Waals surface area contributed by atoms with Crippen LogP contribution >= 0.6 is 0 Å². The predicted octanol–water partition coefficient (Wildman–Crippen LogP) is 2.27. The lowest BCUT2D eigenvalue weighted by Crippen LogP contribution is -2.21. The van der Waals surface area contributed by atoms with E-state index in [-0.39, 0.29) is 10.5 Å². The molecule has 1 aliphatic rings. The molecule has 0 N–H and O–H groups in total. The fourth-order valence-electron chi connectivity index (χ4n) is 1.99. The summed E-state index contributed by atoms with van der Waals surface area (Å²) in [6.45, 7) is 6.08. The molecule has 1 saturated heterocycles. The Hall–Kier alpha value is -0.910. The zero-order chi connectivity index (χ0) is 13.4. The van der Waals surface area contributed by atoms with Gasteiger partial charge in [-0.3, -0.25) is 4.18 Å². The van der Waals surface area contributed by atoms with E-state index >= 15 is 0 Å². The topological polar surface area (TPSA) is 52.6 Å². The first kappa shape index (κ1) is 13.5. The van der Waals surface area contributed by atoms with Gasteiger partial charge in [0.25, 0.3) is 10.1 Å². The summed E-state index contributed by atoms with van der Waals surface area (Å²) in [5.74, 6) is 0. The van der Waals surface area contributed by atoms with E-state index in [9.17, 15) is 8.42 Å². The number of hydrogen-bond acceptors (Lipinski definition) is 4. The highest BCUT2D eigenvalue weighted by Gasteiger charge is 2.35. The van der Waals surface area contributed by atoms with Crippen molar-refractivity contribution in [2.45, 2.75) is 43.8 Å². The summed E-state index contributed by atoms with van der Waals surface area (Å²) in [7, 11) is -3.69. The SMILES string of the molecule is Cc1ccc(S(=O)(=O)OC2COC(C)(C)C2)cc1. The minimum absolute atomic E-state index is 0.192. The fourth-order valence-corrected chi connectivity index (χ4v) is 3.05. The molecule has 18 heavy (non-hydrogen) atoms. The van der Waals surface area contributed by atoms with Crippen LogP contribution in [0, 0.1) is 6.92 Å². The summed E-state index contributed by atoms with van der Waals surface area (Å²) in [6.07, 6.45) is 0.184. The lowest BCUT2D eigenvalue weighted by atomic mass is 10.1. The van der Waals surface area contributed by atoms with Gasteiger partial charge in [0, 0.05) is 6.42 Å². The molecule has 0 radical (unpaired) electrons. The van der Waals surface area contributed by atoms with Crippen molar-refractivity contribution in [2.75, 3.05) is 6.61 Å². The molecule has 0 spiro atoms. The van der Waals surface area contributed by atoms with E-state index in [0.717, 1.165) is 5.56 Å². The molecular weight excluding hydrogens is 252 g/mol. The Morgan fingerprint density at radius 2 is 1.89 bits per heavy atom. The highest BCUT2D eigenvalue weighted by atomic mass is 32.2. The van der Waals surface area contributed by atoms with Crippen LogP contribution in [-0.2, 0) is 19.0 Å². The average molecular weight is 270 g/mol. The van der Waals surface area contributed by atoms with Crippen molar-refractivity contribution in [1.29, 1.82) is 0 Å². The van der Waals surface area contributed by atoms with Gasteiger partial charge in [-0.1, -0.05) is 17.7 Å². The highest BCUT2D eigenvalue weighted by molar-refractivity contribution is 7.86. The van der Waals surface area contributed by atoms with E-state index < -0.39 is 16.2 Å². The van der Waals surface area contributed by atoms with E-state index in [0.29, 0.717) is 13.0 Å². The number of aryl methyl sites for hydroxylation is 1. The van der Waals surface area contributed by atoms with Gasteiger partial charge in [-0.15, -0.1) is 0 Å². The van der Waals surface area contributed by atoms with Crippen LogP contribution in [0.25, 0.3) is 0 Å². The van der Waals surface area contributed by atoms with Gasteiger partial charge in [0.1, 0.15) is 6.10 Å². The van der Waals surface area contributed by atoms with Crippen molar-refractivity contribution in [3.63, 3.8) is 0 Å². The summed E-state index contributed by atoms with van der Waals surface area (Å²) < 4.78 is 34.7. The van der Waals surface area contributed by atoms with Crippen molar-refractivity contribution in [3.8, 4) is 0 Å². The summed E-state index contributed by atoms with van der Waals surface area (Å²) >= 11 is 0. The van der Waals surface area contributed by atoms with Gasteiger partial charge in [0.05, 0.1) is 17.1 Å². The molecule has 1 unspecified atom stereocenters. The van der Waals surface area contributed by atoms with Gasteiger partial charge in [-0.25, -0.2) is 0 Å².